The molecule has 2 nitrogen and oxygen atoms in total. The van der Waals surface area contributed by atoms with E-state index in [9.17, 15) is 0 Å². The van der Waals surface area contributed by atoms with Gasteiger partial charge in [-0.25, -0.2) is 0 Å². The Hall–Kier alpha value is -1.44. The Balaban J connectivity index is 1.83. The van der Waals surface area contributed by atoms with Gasteiger partial charge in [-0.15, -0.1) is 0 Å². The second-order valence-electron chi connectivity index (χ2n) is 5.61. The fourth-order valence-corrected chi connectivity index (χ4v) is 4.08. The molecule has 112 valence electrons. The van der Waals surface area contributed by atoms with Crippen molar-refractivity contribution in [2.24, 2.45) is 0 Å². The zero-order valence-electron chi connectivity index (χ0n) is 13.3. The topological polar surface area (TPSA) is 6.48 Å². The molecule has 2 aromatic rings. The van der Waals surface area contributed by atoms with Crippen LogP contribution in [0.2, 0.25) is 0 Å². The van der Waals surface area contributed by atoms with Crippen LogP contribution in [0.5, 0.6) is 0 Å². The molecule has 0 bridgehead atoms. The van der Waals surface area contributed by atoms with Crippen LogP contribution in [0, 0.1) is 0 Å². The van der Waals surface area contributed by atoms with Crippen LogP contribution < -0.4 is 9.80 Å². The molecule has 0 fully saturated rings. The van der Waals surface area contributed by atoms with Gasteiger partial charge in [0.1, 0.15) is 0 Å². The van der Waals surface area contributed by atoms with E-state index in [4.69, 9.17) is 0 Å². The molecule has 0 saturated heterocycles. The molecule has 0 aromatic heterocycles. The van der Waals surface area contributed by atoms with Crippen molar-refractivity contribution in [1.29, 1.82) is 0 Å². The summed E-state index contributed by atoms with van der Waals surface area (Å²) in [5.74, 6) is 0. The van der Waals surface area contributed by atoms with Crippen LogP contribution in [0.25, 0.3) is 0 Å². The van der Waals surface area contributed by atoms with E-state index < -0.39 is 0 Å². The number of rotatable bonds is 6. The molecule has 0 unspecified atom stereocenters. The minimum atomic E-state index is 0.624. The standard InChI is InChI=1S/C18H24N2Se/c1-19(2)17-9-5-15(6-10-17)13-21-14-16-7-11-18(12-8-16)20(3)4/h5-12H,13-14H2,1-4H3. The summed E-state index contributed by atoms with van der Waals surface area (Å²) in [5.41, 5.74) is 5.44. The molecular formula is C18H24N2Se. The first-order valence-corrected chi connectivity index (χ1v) is 9.59. The van der Waals surface area contributed by atoms with Gasteiger partial charge in [-0.2, -0.15) is 0 Å². The van der Waals surface area contributed by atoms with Crippen molar-refractivity contribution in [1.82, 2.24) is 0 Å². The molecule has 3 heteroatoms. The first-order valence-electron chi connectivity index (χ1n) is 7.16. The van der Waals surface area contributed by atoms with Crippen LogP contribution in [-0.2, 0) is 10.6 Å². The minimum absolute atomic E-state index is 0.624. The molecule has 2 rings (SSSR count). The van der Waals surface area contributed by atoms with Gasteiger partial charge in [0.05, 0.1) is 0 Å². The Labute approximate surface area is 134 Å². The van der Waals surface area contributed by atoms with Gasteiger partial charge in [0, 0.05) is 0 Å². The third-order valence-electron chi connectivity index (χ3n) is 3.44. The number of hydrogen-bond acceptors (Lipinski definition) is 2. The molecule has 21 heavy (non-hydrogen) atoms. The normalized spacial score (nSPS) is 10.5. The molecule has 0 atom stereocenters. The fraction of sp³-hybridized carbons (Fsp3) is 0.333. The van der Waals surface area contributed by atoms with Crippen molar-refractivity contribution in [2.45, 2.75) is 10.6 Å². The van der Waals surface area contributed by atoms with Crippen molar-refractivity contribution in [3.8, 4) is 0 Å². The Morgan fingerprint density at radius 2 is 0.952 bits per heavy atom. The second-order valence-corrected chi connectivity index (χ2v) is 7.68. The summed E-state index contributed by atoms with van der Waals surface area (Å²) in [5, 5.41) is 2.41. The first-order chi connectivity index (χ1) is 10.1. The zero-order chi connectivity index (χ0) is 15.2. The molecule has 0 saturated carbocycles. The van der Waals surface area contributed by atoms with E-state index in [1.54, 1.807) is 0 Å². The van der Waals surface area contributed by atoms with Gasteiger partial charge in [0.15, 0.2) is 0 Å². The maximum absolute atomic E-state index is 2.26. The summed E-state index contributed by atoms with van der Waals surface area (Å²) < 4.78 is 0. The van der Waals surface area contributed by atoms with Gasteiger partial charge >= 0.3 is 135 Å². The maximum atomic E-state index is 2.26. The predicted octanol–water partition coefficient (Wildman–Crippen LogP) is 3.22. The van der Waals surface area contributed by atoms with Gasteiger partial charge in [-0.05, 0) is 0 Å². The molecular weight excluding hydrogens is 323 g/mol. The number of hydrogen-bond donors (Lipinski definition) is 0. The van der Waals surface area contributed by atoms with E-state index in [1.165, 1.54) is 33.1 Å². The van der Waals surface area contributed by atoms with E-state index >= 15 is 0 Å². The van der Waals surface area contributed by atoms with Crippen LogP contribution in [0.1, 0.15) is 11.1 Å². The first kappa shape index (κ1) is 15.9. The van der Waals surface area contributed by atoms with Crippen molar-refractivity contribution in [3.63, 3.8) is 0 Å². The number of nitrogens with zero attached hydrogens (tertiary/aromatic N) is 2. The third kappa shape index (κ3) is 4.80. The monoisotopic (exact) mass is 348 g/mol. The average Bonchev–Trinajstić information content (AvgIpc) is 2.48. The van der Waals surface area contributed by atoms with Crippen LogP contribution in [0.4, 0.5) is 11.4 Å². The van der Waals surface area contributed by atoms with Gasteiger partial charge in [0.25, 0.3) is 0 Å². The van der Waals surface area contributed by atoms with E-state index in [0.29, 0.717) is 15.0 Å². The Kier molecular flexibility index (Phi) is 5.72. The van der Waals surface area contributed by atoms with Gasteiger partial charge in [0.2, 0.25) is 0 Å². The van der Waals surface area contributed by atoms with Gasteiger partial charge < -0.3 is 0 Å². The number of anilines is 2. The molecule has 0 amide bonds. The predicted molar refractivity (Wildman–Crippen MR) is 94.7 cm³/mol. The Morgan fingerprint density at radius 1 is 0.619 bits per heavy atom. The molecule has 0 spiro atoms. The summed E-state index contributed by atoms with van der Waals surface area (Å²) >= 11 is 0.624. The molecule has 0 N–H and O–H groups in total. The number of benzene rings is 2. The van der Waals surface area contributed by atoms with E-state index in [0.717, 1.165) is 0 Å². The van der Waals surface area contributed by atoms with Crippen LogP contribution in [-0.4, -0.2) is 43.1 Å². The van der Waals surface area contributed by atoms with Gasteiger partial charge in [-0.1, -0.05) is 0 Å². The van der Waals surface area contributed by atoms with E-state index in [2.05, 4.69) is 86.5 Å². The van der Waals surface area contributed by atoms with Gasteiger partial charge in [-0.3, -0.25) is 0 Å². The fourth-order valence-electron chi connectivity index (χ4n) is 2.07. The molecule has 0 radical (unpaired) electrons. The molecule has 0 heterocycles. The second kappa shape index (κ2) is 7.53. The summed E-state index contributed by atoms with van der Waals surface area (Å²) in [6.45, 7) is 0. The molecule has 0 aliphatic heterocycles. The summed E-state index contributed by atoms with van der Waals surface area (Å²) in [6.07, 6.45) is 0. The van der Waals surface area contributed by atoms with Crippen molar-refractivity contribution < 1.29 is 0 Å². The summed E-state index contributed by atoms with van der Waals surface area (Å²) in [6, 6.07) is 17.8. The Bertz CT molecular complexity index is 493. The average molecular weight is 347 g/mol. The van der Waals surface area contributed by atoms with E-state index in [-0.39, 0.29) is 0 Å². The quantitative estimate of drug-likeness (QED) is 0.741. The van der Waals surface area contributed by atoms with Crippen molar-refractivity contribution in [3.05, 3.63) is 59.7 Å². The van der Waals surface area contributed by atoms with Crippen molar-refractivity contribution >= 4 is 26.3 Å². The van der Waals surface area contributed by atoms with Crippen LogP contribution in [0.3, 0.4) is 0 Å². The third-order valence-corrected chi connectivity index (χ3v) is 5.70. The molecule has 2 aromatic carbocycles. The SMILES string of the molecule is CN(C)c1ccc(C[Se]Cc2ccc(N(C)C)cc2)cc1. The molecule has 0 aliphatic rings. The summed E-state index contributed by atoms with van der Waals surface area (Å²) in [7, 11) is 8.32. The summed E-state index contributed by atoms with van der Waals surface area (Å²) in [4.78, 5) is 4.28. The van der Waals surface area contributed by atoms with Crippen LogP contribution in [0.15, 0.2) is 48.5 Å². The van der Waals surface area contributed by atoms with Crippen molar-refractivity contribution in [2.75, 3.05) is 38.0 Å². The van der Waals surface area contributed by atoms with E-state index in [1.807, 2.05) is 0 Å². The molecule has 0 aliphatic carbocycles. The zero-order valence-corrected chi connectivity index (χ0v) is 15.0. The van der Waals surface area contributed by atoms with Crippen LogP contribution >= 0.6 is 0 Å². The Morgan fingerprint density at radius 3 is 1.24 bits per heavy atom.